The topological polar surface area (TPSA) is 86.2 Å². The van der Waals surface area contributed by atoms with Crippen molar-refractivity contribution in [1.82, 2.24) is 9.88 Å². The molecule has 8 nitrogen and oxygen atoms in total. The van der Waals surface area contributed by atoms with Gasteiger partial charge in [-0.05, 0) is 80.1 Å². The average molecular weight is 697 g/mol. The quantitative estimate of drug-likeness (QED) is 0.254. The number of aryl methyl sites for hydroxylation is 2. The van der Waals surface area contributed by atoms with E-state index in [1.54, 1.807) is 36.3 Å². The van der Waals surface area contributed by atoms with Crippen LogP contribution in [0.1, 0.15) is 66.1 Å². The van der Waals surface area contributed by atoms with E-state index in [1.807, 2.05) is 42.7 Å². The number of rotatable bonds is 8. The molecule has 3 aliphatic heterocycles. The highest BCUT2D eigenvalue weighted by atomic mass is 19.4. The molecule has 1 amide bonds. The van der Waals surface area contributed by atoms with Gasteiger partial charge < -0.3 is 24.5 Å². The number of amides is 1. The maximum Gasteiger partial charge on any atom is 0.416 e. The molecule has 6 rings (SSSR count). The first kappa shape index (κ1) is 35.5. The lowest BCUT2D eigenvalue weighted by Gasteiger charge is -2.35. The van der Waals surface area contributed by atoms with Crippen molar-refractivity contribution >= 4 is 23.3 Å². The molecule has 0 radical (unpaired) electrons. The van der Waals surface area contributed by atoms with E-state index in [4.69, 9.17) is 4.74 Å². The van der Waals surface area contributed by atoms with Crippen molar-refractivity contribution in [3.63, 3.8) is 0 Å². The maximum absolute atomic E-state index is 17.8. The Hall–Kier alpha value is -4.35. The van der Waals surface area contributed by atoms with Gasteiger partial charge in [0.2, 0.25) is 5.67 Å². The molecular formula is C38H44F4N4O4. The Morgan fingerprint density at radius 2 is 1.62 bits per heavy atom. The lowest BCUT2D eigenvalue weighted by atomic mass is 9.84. The average Bonchev–Trinajstić information content (AvgIpc) is 3.69. The van der Waals surface area contributed by atoms with Crippen molar-refractivity contribution in [3.8, 4) is 5.75 Å². The molecule has 4 heterocycles. The summed E-state index contributed by atoms with van der Waals surface area (Å²) < 4.78 is 65.0. The highest BCUT2D eigenvalue weighted by Crippen LogP contribution is 2.47. The number of piperidine rings is 1. The minimum absolute atomic E-state index is 0.114. The number of methoxy groups -OCH3 is 1. The summed E-state index contributed by atoms with van der Waals surface area (Å²) in [5.74, 6) is -2.69. The number of likely N-dealkylation sites (tertiary alicyclic amines) is 1. The number of halogens is 4. The molecule has 50 heavy (non-hydrogen) atoms. The van der Waals surface area contributed by atoms with Crippen LogP contribution in [-0.2, 0) is 15.8 Å². The number of benzene rings is 2. The fraction of sp³-hybridized carbons (Fsp3) is 0.500. The van der Waals surface area contributed by atoms with Gasteiger partial charge in [0, 0.05) is 67.3 Å². The number of alkyl halides is 4. The van der Waals surface area contributed by atoms with E-state index in [1.165, 1.54) is 6.07 Å². The second kappa shape index (κ2) is 13.8. The highest BCUT2D eigenvalue weighted by molar-refractivity contribution is 5.89. The molecule has 268 valence electrons. The number of anilines is 2. The second-order valence-electron chi connectivity index (χ2n) is 14.0. The summed E-state index contributed by atoms with van der Waals surface area (Å²) in [7, 11) is 1.55. The Labute approximate surface area is 290 Å². The van der Waals surface area contributed by atoms with E-state index in [0.717, 1.165) is 29.2 Å². The van der Waals surface area contributed by atoms with Gasteiger partial charge in [0.1, 0.15) is 5.75 Å². The van der Waals surface area contributed by atoms with Gasteiger partial charge in [-0.25, -0.2) is 4.39 Å². The van der Waals surface area contributed by atoms with E-state index in [0.29, 0.717) is 54.9 Å². The summed E-state index contributed by atoms with van der Waals surface area (Å²) in [6, 6.07) is 14.6. The molecule has 0 spiro atoms. The molecule has 0 bridgehead atoms. The summed E-state index contributed by atoms with van der Waals surface area (Å²) in [6.07, 6.45) is -3.28. The minimum Gasteiger partial charge on any atom is -0.497 e. The first-order chi connectivity index (χ1) is 23.7. The Balaban J connectivity index is 1.33. The van der Waals surface area contributed by atoms with E-state index in [2.05, 4.69) is 4.98 Å². The van der Waals surface area contributed by atoms with Crippen LogP contribution >= 0.6 is 0 Å². The van der Waals surface area contributed by atoms with Gasteiger partial charge in [0.15, 0.2) is 0 Å². The number of pyridine rings is 1. The van der Waals surface area contributed by atoms with Gasteiger partial charge in [-0.15, -0.1) is 0 Å². The third kappa shape index (κ3) is 6.85. The predicted molar refractivity (Wildman–Crippen MR) is 183 cm³/mol. The summed E-state index contributed by atoms with van der Waals surface area (Å²) in [6.45, 7) is 6.88. The molecule has 3 saturated heterocycles. The van der Waals surface area contributed by atoms with Crippen LogP contribution in [-0.4, -0.2) is 78.9 Å². The Bertz CT molecular complexity index is 1710. The second-order valence-corrected chi connectivity index (χ2v) is 14.0. The van der Waals surface area contributed by atoms with Crippen LogP contribution in [0.4, 0.5) is 28.9 Å². The van der Waals surface area contributed by atoms with E-state index in [9.17, 15) is 27.9 Å². The first-order valence-electron chi connectivity index (χ1n) is 17.2. The van der Waals surface area contributed by atoms with Crippen LogP contribution in [0.3, 0.4) is 0 Å². The predicted octanol–water partition coefficient (Wildman–Crippen LogP) is 6.99. The molecule has 3 aromatic rings. The van der Waals surface area contributed by atoms with Gasteiger partial charge in [-0.3, -0.25) is 14.6 Å². The summed E-state index contributed by atoms with van der Waals surface area (Å²) in [4.78, 5) is 35.9. The zero-order valence-electron chi connectivity index (χ0n) is 28.8. The van der Waals surface area contributed by atoms with Crippen LogP contribution < -0.4 is 14.5 Å². The molecule has 3 aliphatic rings. The molecule has 3 fully saturated rings. The van der Waals surface area contributed by atoms with Crippen molar-refractivity contribution in [3.05, 3.63) is 82.7 Å². The van der Waals surface area contributed by atoms with Crippen molar-refractivity contribution in [1.29, 1.82) is 0 Å². The number of hydrogen-bond donors (Lipinski definition) is 1. The number of carboxylic acid groups (broad SMARTS) is 1. The molecular weight excluding hydrogens is 652 g/mol. The zero-order valence-corrected chi connectivity index (χ0v) is 28.8. The van der Waals surface area contributed by atoms with Crippen molar-refractivity contribution in [2.24, 2.45) is 11.8 Å². The standard InChI is InChI=1S/C38H44F4N4O4/c1-5-25-19-45(20-32(25)31-11-8-28(38(40,41)42)18-34(31)44-14-12-27(13-15-44)35(47)48)36(49)37(39)22-46(29-16-23(2)43-24(3)17-29)21-33(37)26-6-9-30(50-4)10-7-26/h6-11,16-18,25,27,32-33H,5,12-15,19-22H2,1-4H3,(H,47,48)/t25-,32-,33-,37-/m0/s1. The van der Waals surface area contributed by atoms with Crippen LogP contribution in [0.5, 0.6) is 5.75 Å². The number of carbonyl (C=O) groups is 2. The van der Waals surface area contributed by atoms with Crippen LogP contribution in [0.2, 0.25) is 0 Å². The molecule has 0 unspecified atom stereocenters. The number of aliphatic carboxylic acids is 1. The molecule has 1 aromatic heterocycles. The third-order valence-corrected chi connectivity index (χ3v) is 10.9. The number of aromatic nitrogens is 1. The Kier molecular flexibility index (Phi) is 9.76. The molecule has 2 aromatic carbocycles. The SMILES string of the molecule is CC[C@H]1CN(C(=O)[C@]2(F)CN(c3cc(C)nc(C)c3)C[C@H]2c2ccc(OC)cc2)C[C@@H]1c1ccc(C(F)(F)F)cc1N1CCC(C(=O)O)CC1. The zero-order chi connectivity index (χ0) is 36.0. The number of carboxylic acids is 1. The largest absolute Gasteiger partial charge is 0.497 e. The molecule has 12 heteroatoms. The summed E-state index contributed by atoms with van der Waals surface area (Å²) in [5.41, 5.74) is 1.04. The van der Waals surface area contributed by atoms with Gasteiger partial charge in [0.25, 0.3) is 5.91 Å². The molecule has 0 aliphatic carbocycles. The highest BCUT2D eigenvalue weighted by Gasteiger charge is 2.57. The fourth-order valence-electron chi connectivity index (χ4n) is 8.17. The lowest BCUT2D eigenvalue weighted by molar-refractivity contribution is -0.143. The summed E-state index contributed by atoms with van der Waals surface area (Å²) in [5, 5.41) is 9.51. The number of ether oxygens (including phenoxy) is 1. The van der Waals surface area contributed by atoms with E-state index in [-0.39, 0.29) is 38.0 Å². The number of hydrogen-bond acceptors (Lipinski definition) is 6. The van der Waals surface area contributed by atoms with E-state index >= 15 is 4.39 Å². The lowest BCUT2D eigenvalue weighted by Crippen LogP contribution is -2.50. The van der Waals surface area contributed by atoms with Crippen LogP contribution in [0.25, 0.3) is 0 Å². The third-order valence-electron chi connectivity index (χ3n) is 10.9. The van der Waals surface area contributed by atoms with Crippen molar-refractivity contribution in [2.45, 2.75) is 63.7 Å². The van der Waals surface area contributed by atoms with E-state index < -0.39 is 41.1 Å². The Morgan fingerprint density at radius 1 is 0.960 bits per heavy atom. The van der Waals surface area contributed by atoms with Crippen LogP contribution in [0, 0.1) is 25.7 Å². The van der Waals surface area contributed by atoms with Gasteiger partial charge in [0.05, 0.1) is 25.1 Å². The van der Waals surface area contributed by atoms with Gasteiger partial charge in [-0.1, -0.05) is 31.5 Å². The molecule has 1 N–H and O–H groups in total. The van der Waals surface area contributed by atoms with Crippen molar-refractivity contribution in [2.75, 3.05) is 56.2 Å². The fourth-order valence-corrected chi connectivity index (χ4v) is 8.17. The van der Waals surface area contributed by atoms with Crippen molar-refractivity contribution < 1.29 is 37.0 Å². The van der Waals surface area contributed by atoms with Crippen LogP contribution in [0.15, 0.2) is 54.6 Å². The number of nitrogens with zero attached hydrogens (tertiary/aromatic N) is 4. The maximum atomic E-state index is 17.8. The van der Waals surface area contributed by atoms with Gasteiger partial charge >= 0.3 is 12.1 Å². The minimum atomic E-state index is -4.56. The smallest absolute Gasteiger partial charge is 0.416 e. The summed E-state index contributed by atoms with van der Waals surface area (Å²) >= 11 is 0. The monoisotopic (exact) mass is 696 g/mol. The molecule has 0 saturated carbocycles. The Morgan fingerprint density at radius 3 is 2.20 bits per heavy atom. The normalized spacial score (nSPS) is 24.6. The first-order valence-corrected chi connectivity index (χ1v) is 17.2. The molecule has 4 atom stereocenters. The van der Waals surface area contributed by atoms with Gasteiger partial charge in [-0.2, -0.15) is 13.2 Å². The number of carbonyl (C=O) groups excluding carboxylic acids is 1.